The zero-order valence-electron chi connectivity index (χ0n) is 17.4. The molecule has 0 aromatic heterocycles. The lowest BCUT2D eigenvalue weighted by Gasteiger charge is -2.13. The average molecular weight is 538 g/mol. The van der Waals surface area contributed by atoms with E-state index in [0.29, 0.717) is 21.3 Å². The monoisotopic (exact) mass is 536 g/mol. The molecule has 0 atom stereocenters. The van der Waals surface area contributed by atoms with Crippen molar-refractivity contribution in [3.8, 4) is 17.6 Å². The molecule has 3 rings (SSSR count). The quantitative estimate of drug-likeness (QED) is 0.226. The molecule has 0 heterocycles. The minimum absolute atomic E-state index is 0.0277. The van der Waals surface area contributed by atoms with Gasteiger partial charge in [-0.15, -0.1) is 0 Å². The number of ether oxygens (including phenoxy) is 1. The first-order valence-electron chi connectivity index (χ1n) is 9.40. The second kappa shape index (κ2) is 10.8. The number of nitrogens with zero attached hydrogens (tertiary/aromatic N) is 1. The van der Waals surface area contributed by atoms with E-state index in [1.807, 2.05) is 6.07 Å². The Morgan fingerprint density at radius 2 is 1.71 bits per heavy atom. The van der Waals surface area contributed by atoms with Crippen LogP contribution in [-0.2, 0) is 14.9 Å². The van der Waals surface area contributed by atoms with Crippen molar-refractivity contribution in [2.75, 3.05) is 12.4 Å². The highest BCUT2D eigenvalue weighted by Gasteiger charge is 2.22. The average Bonchev–Trinajstić information content (AvgIpc) is 2.80. The normalized spacial score (nSPS) is 11.4. The zero-order valence-corrected chi connectivity index (χ0v) is 20.5. The number of nitriles is 1. The van der Waals surface area contributed by atoms with Gasteiger partial charge in [-0.2, -0.15) is 13.7 Å². The van der Waals surface area contributed by atoms with Crippen LogP contribution in [0.3, 0.4) is 0 Å². The Morgan fingerprint density at radius 1 is 1.03 bits per heavy atom. The smallest absolute Gasteiger partial charge is 0.339 e. The number of halogens is 3. The molecule has 0 saturated carbocycles. The molecule has 11 heteroatoms. The van der Waals surface area contributed by atoms with Crippen LogP contribution < -0.4 is 14.2 Å². The third kappa shape index (κ3) is 6.01. The topological polar surface area (TPSA) is 105 Å². The Balaban J connectivity index is 1.92. The maximum absolute atomic E-state index is 12.6. The Labute approximate surface area is 211 Å². The first kappa shape index (κ1) is 25.4. The summed E-state index contributed by atoms with van der Waals surface area (Å²) in [6, 6.07) is 16.4. The maximum Gasteiger partial charge on any atom is 0.339 e. The molecule has 0 fully saturated rings. The van der Waals surface area contributed by atoms with Gasteiger partial charge >= 0.3 is 10.1 Å². The molecule has 174 valence electrons. The summed E-state index contributed by atoms with van der Waals surface area (Å²) in [5.41, 5.74) is 0.381. The number of carbonyl (C=O) groups is 1. The molecule has 1 N–H and O–H groups in total. The zero-order chi connectivity index (χ0) is 24.9. The highest BCUT2D eigenvalue weighted by atomic mass is 35.5. The molecule has 0 unspecified atom stereocenters. The highest BCUT2D eigenvalue weighted by Crippen LogP contribution is 2.39. The lowest BCUT2D eigenvalue weighted by atomic mass is 10.1. The van der Waals surface area contributed by atoms with Crippen molar-refractivity contribution in [1.82, 2.24) is 0 Å². The van der Waals surface area contributed by atoms with Crippen LogP contribution in [0.1, 0.15) is 5.56 Å². The van der Waals surface area contributed by atoms with Gasteiger partial charge in [0.2, 0.25) is 5.75 Å². The molecule has 0 aliphatic carbocycles. The molecule has 7 nitrogen and oxygen atoms in total. The first-order chi connectivity index (χ1) is 16.1. The Hall–Kier alpha value is -3.22. The van der Waals surface area contributed by atoms with E-state index in [1.165, 1.54) is 49.6 Å². The summed E-state index contributed by atoms with van der Waals surface area (Å²) in [7, 11) is -2.96. The number of hydrogen-bond acceptors (Lipinski definition) is 6. The molecule has 1 amide bonds. The van der Waals surface area contributed by atoms with Gasteiger partial charge in [-0.05, 0) is 60.2 Å². The fourth-order valence-electron chi connectivity index (χ4n) is 2.73. The van der Waals surface area contributed by atoms with Crippen LogP contribution in [-0.4, -0.2) is 21.4 Å². The molecule has 0 spiro atoms. The van der Waals surface area contributed by atoms with Crippen LogP contribution in [0.4, 0.5) is 5.69 Å². The minimum atomic E-state index is -4.25. The molecular formula is C23H15Cl3N2O5S. The van der Waals surface area contributed by atoms with Crippen molar-refractivity contribution in [2.24, 2.45) is 0 Å². The van der Waals surface area contributed by atoms with E-state index in [2.05, 4.69) is 5.32 Å². The molecular weight excluding hydrogens is 523 g/mol. The largest absolute Gasteiger partial charge is 0.493 e. The van der Waals surface area contributed by atoms with Crippen molar-refractivity contribution >= 4 is 62.6 Å². The Bertz CT molecular complexity index is 1420. The summed E-state index contributed by atoms with van der Waals surface area (Å²) < 4.78 is 35.7. The SMILES string of the molecule is COc1cc(/C=C(\C#N)C(=O)Nc2ccccc2Cl)cc(Cl)c1OS(=O)(=O)c1ccc(Cl)cc1. The van der Waals surface area contributed by atoms with Crippen molar-refractivity contribution in [2.45, 2.75) is 4.90 Å². The van der Waals surface area contributed by atoms with Gasteiger partial charge in [0, 0.05) is 5.02 Å². The number of methoxy groups -OCH3 is 1. The maximum atomic E-state index is 12.6. The summed E-state index contributed by atoms with van der Waals surface area (Å²) in [6.45, 7) is 0. The summed E-state index contributed by atoms with van der Waals surface area (Å²) in [5, 5.41) is 12.6. The number of nitrogens with one attached hydrogen (secondary N) is 1. The van der Waals surface area contributed by atoms with Gasteiger partial charge in [0.15, 0.2) is 5.75 Å². The number of amides is 1. The van der Waals surface area contributed by atoms with Gasteiger partial charge in [-0.25, -0.2) is 0 Å². The molecule has 34 heavy (non-hydrogen) atoms. The van der Waals surface area contributed by atoms with Crippen molar-refractivity contribution in [3.05, 3.63) is 86.9 Å². The molecule has 0 bridgehead atoms. The first-order valence-corrected chi connectivity index (χ1v) is 11.9. The van der Waals surface area contributed by atoms with Crippen LogP contribution in [0.5, 0.6) is 11.5 Å². The number of anilines is 1. The van der Waals surface area contributed by atoms with Crippen molar-refractivity contribution in [3.63, 3.8) is 0 Å². The Kier molecular flexibility index (Phi) is 8.07. The third-order valence-electron chi connectivity index (χ3n) is 4.35. The summed E-state index contributed by atoms with van der Waals surface area (Å²) in [4.78, 5) is 12.4. The lowest BCUT2D eigenvalue weighted by Crippen LogP contribution is -2.13. The van der Waals surface area contributed by atoms with Crippen LogP contribution in [0.2, 0.25) is 15.1 Å². The lowest BCUT2D eigenvalue weighted by molar-refractivity contribution is -0.112. The molecule has 3 aromatic rings. The number of hydrogen-bond donors (Lipinski definition) is 1. The minimum Gasteiger partial charge on any atom is -0.493 e. The van der Waals surface area contributed by atoms with Gasteiger partial charge in [0.25, 0.3) is 5.91 Å². The van der Waals surface area contributed by atoms with Crippen molar-refractivity contribution in [1.29, 1.82) is 5.26 Å². The van der Waals surface area contributed by atoms with E-state index in [4.69, 9.17) is 43.7 Å². The fourth-order valence-corrected chi connectivity index (χ4v) is 4.30. The molecule has 0 aliphatic heterocycles. The standard InChI is InChI=1S/C23H15Cl3N2O5S/c1-32-21-12-14(10-15(13-27)23(29)28-20-5-3-2-4-18(20)25)11-19(26)22(21)33-34(30,31)17-8-6-16(24)7-9-17/h2-12H,1H3,(H,28,29)/b15-10+. The van der Waals surface area contributed by atoms with E-state index >= 15 is 0 Å². The summed E-state index contributed by atoms with van der Waals surface area (Å²) in [6.07, 6.45) is 1.26. The van der Waals surface area contributed by atoms with Crippen LogP contribution in [0.25, 0.3) is 6.08 Å². The fraction of sp³-hybridized carbons (Fsp3) is 0.0435. The molecule has 0 aliphatic rings. The summed E-state index contributed by atoms with van der Waals surface area (Å²) >= 11 is 18.1. The van der Waals surface area contributed by atoms with E-state index in [0.717, 1.165) is 0 Å². The van der Waals surface area contributed by atoms with Gasteiger partial charge in [0.05, 0.1) is 22.8 Å². The van der Waals surface area contributed by atoms with E-state index < -0.39 is 16.0 Å². The molecule has 0 saturated heterocycles. The Morgan fingerprint density at radius 3 is 2.32 bits per heavy atom. The number of carbonyl (C=O) groups excluding carboxylic acids is 1. The predicted molar refractivity (Wildman–Crippen MR) is 131 cm³/mol. The third-order valence-corrected chi connectivity index (χ3v) is 6.44. The van der Waals surface area contributed by atoms with Gasteiger partial charge in [-0.1, -0.05) is 46.9 Å². The van der Waals surface area contributed by atoms with Gasteiger partial charge < -0.3 is 14.2 Å². The van der Waals surface area contributed by atoms with E-state index in [9.17, 15) is 18.5 Å². The predicted octanol–water partition coefficient (Wildman–Crippen LogP) is 5.97. The summed E-state index contributed by atoms with van der Waals surface area (Å²) in [5.74, 6) is -0.980. The second-order valence-corrected chi connectivity index (χ2v) is 9.43. The van der Waals surface area contributed by atoms with Gasteiger partial charge in [-0.3, -0.25) is 4.79 Å². The van der Waals surface area contributed by atoms with E-state index in [-0.39, 0.29) is 27.0 Å². The number of benzene rings is 3. The second-order valence-electron chi connectivity index (χ2n) is 6.63. The number of rotatable bonds is 7. The van der Waals surface area contributed by atoms with Crippen LogP contribution in [0.15, 0.2) is 71.1 Å². The highest BCUT2D eigenvalue weighted by molar-refractivity contribution is 7.87. The van der Waals surface area contributed by atoms with Crippen LogP contribution >= 0.6 is 34.8 Å². The molecule has 0 radical (unpaired) electrons. The van der Waals surface area contributed by atoms with Crippen molar-refractivity contribution < 1.29 is 22.1 Å². The van der Waals surface area contributed by atoms with E-state index in [1.54, 1.807) is 24.3 Å². The molecule has 3 aromatic carbocycles. The van der Waals surface area contributed by atoms with Crippen LogP contribution in [0, 0.1) is 11.3 Å². The van der Waals surface area contributed by atoms with Gasteiger partial charge in [0.1, 0.15) is 16.5 Å². The number of para-hydroxylation sites is 1.